The summed E-state index contributed by atoms with van der Waals surface area (Å²) in [5.41, 5.74) is 1.05. The van der Waals surface area contributed by atoms with Gasteiger partial charge < -0.3 is 5.11 Å². The van der Waals surface area contributed by atoms with E-state index in [1.54, 1.807) is 12.1 Å². The number of carbonyl (C=O) groups is 1. The fourth-order valence-electron chi connectivity index (χ4n) is 1.06. The van der Waals surface area contributed by atoms with Crippen molar-refractivity contribution >= 4 is 17.0 Å². The average molecular weight is 245 g/mol. The first-order valence-electron chi connectivity index (χ1n) is 4.40. The molecule has 0 fully saturated rings. The quantitative estimate of drug-likeness (QED) is 0.370. The lowest BCUT2D eigenvalue weighted by Gasteiger charge is -2.03. The highest BCUT2D eigenvalue weighted by atomic mass is 32.2. The summed E-state index contributed by atoms with van der Waals surface area (Å²) in [6, 6.07) is 6.25. The van der Waals surface area contributed by atoms with Crippen LogP contribution < -0.4 is 5.32 Å². The van der Waals surface area contributed by atoms with E-state index in [1.807, 2.05) is 0 Å². The molecule has 0 spiro atoms. The molecule has 0 aliphatic heterocycles. The number of carboxylic acids is 1. The smallest absolute Gasteiger partial charge is 0.335 e. The lowest BCUT2D eigenvalue weighted by atomic mass is 10.1. The Morgan fingerprint density at radius 1 is 1.31 bits per heavy atom. The van der Waals surface area contributed by atoms with Gasteiger partial charge in [-0.25, -0.2) is 13.2 Å². The van der Waals surface area contributed by atoms with Crippen LogP contribution in [0.5, 0.6) is 0 Å². The molecule has 1 aromatic rings. The first kappa shape index (κ1) is 12.6. The Labute approximate surface area is 94.0 Å². The maximum Gasteiger partial charge on any atom is 0.335 e. The molecule has 0 saturated heterocycles. The monoisotopic (exact) mass is 245 g/mol. The van der Waals surface area contributed by atoms with Crippen LogP contribution >= 0.6 is 0 Å². The zero-order chi connectivity index (χ0) is 12.0. The number of rotatable bonds is 6. The molecule has 0 aromatic heterocycles. The second-order valence-corrected chi connectivity index (χ2v) is 3.63. The Kier molecular flexibility index (Phi) is 4.90. The average Bonchev–Trinajstić information content (AvgIpc) is 2.25. The summed E-state index contributed by atoms with van der Waals surface area (Å²) in [7, 11) is -2.83. The molecule has 0 atom stereocenters. The normalized spacial score (nSPS) is 10.6. The summed E-state index contributed by atoms with van der Waals surface area (Å²) in [6.07, 6.45) is 0. The van der Waals surface area contributed by atoms with Crippen LogP contribution in [0.2, 0.25) is 0 Å². The van der Waals surface area contributed by atoms with Gasteiger partial charge in [-0.15, -0.1) is 0 Å². The molecule has 2 N–H and O–H groups in total. The Balaban J connectivity index is 2.40. The third-order valence-electron chi connectivity index (χ3n) is 1.80. The van der Waals surface area contributed by atoms with Crippen LogP contribution in [0.25, 0.3) is 0 Å². The minimum Gasteiger partial charge on any atom is -0.478 e. The molecule has 0 saturated carbocycles. The highest BCUT2D eigenvalue weighted by Crippen LogP contribution is 2.03. The van der Waals surface area contributed by atoms with E-state index in [4.69, 9.17) is 5.11 Å². The Bertz CT molecular complexity index is 418. The van der Waals surface area contributed by atoms with Crippen molar-refractivity contribution in [1.29, 1.82) is 0 Å². The Morgan fingerprint density at radius 2 is 1.94 bits per heavy atom. The molecule has 0 heterocycles. The minimum atomic E-state index is -2.83. The van der Waals surface area contributed by atoms with Crippen molar-refractivity contribution in [2.75, 3.05) is 6.73 Å². The third kappa shape index (κ3) is 4.39. The van der Waals surface area contributed by atoms with Gasteiger partial charge in [-0.3, -0.25) is 9.50 Å². The standard InChI is InChI=1S/C9H11NO5S/c11-9(12)8-3-1-7(2-4-8)5-10-6-15-16(13)14/h1-4,10,16H,5-6H2,(H,11,12). The first-order chi connectivity index (χ1) is 7.59. The summed E-state index contributed by atoms with van der Waals surface area (Å²) in [5.74, 6) is -0.980. The zero-order valence-electron chi connectivity index (χ0n) is 8.25. The molecule has 7 heteroatoms. The fourth-order valence-corrected chi connectivity index (χ4v) is 1.26. The van der Waals surface area contributed by atoms with Gasteiger partial charge in [-0.1, -0.05) is 12.1 Å². The second-order valence-electron chi connectivity index (χ2n) is 2.93. The first-order valence-corrected chi connectivity index (χ1v) is 5.49. The number of thiol groups is 1. The molecule has 6 nitrogen and oxygen atoms in total. The van der Waals surface area contributed by atoms with Crippen molar-refractivity contribution in [1.82, 2.24) is 5.32 Å². The summed E-state index contributed by atoms with van der Waals surface area (Å²) in [4.78, 5) is 10.5. The van der Waals surface area contributed by atoms with Crippen LogP contribution in [0, 0.1) is 0 Å². The number of carboxylic acid groups (broad SMARTS) is 1. The van der Waals surface area contributed by atoms with E-state index in [2.05, 4.69) is 9.50 Å². The predicted molar refractivity (Wildman–Crippen MR) is 56.5 cm³/mol. The number of nitrogens with one attached hydrogen (secondary N) is 1. The van der Waals surface area contributed by atoms with E-state index >= 15 is 0 Å². The second kappa shape index (κ2) is 6.21. The molecule has 0 radical (unpaired) electrons. The molecule has 16 heavy (non-hydrogen) atoms. The minimum absolute atomic E-state index is 0.0978. The van der Waals surface area contributed by atoms with E-state index in [0.29, 0.717) is 6.54 Å². The molecule has 0 amide bonds. The van der Waals surface area contributed by atoms with E-state index < -0.39 is 17.0 Å². The zero-order valence-corrected chi connectivity index (χ0v) is 9.15. The molecular weight excluding hydrogens is 234 g/mol. The van der Waals surface area contributed by atoms with E-state index in [0.717, 1.165) is 5.56 Å². The van der Waals surface area contributed by atoms with Crippen LogP contribution in [-0.4, -0.2) is 26.2 Å². The topological polar surface area (TPSA) is 92.7 Å². The van der Waals surface area contributed by atoms with Gasteiger partial charge in [0.15, 0.2) is 0 Å². The lowest BCUT2D eigenvalue weighted by molar-refractivity contribution is 0.0697. The Morgan fingerprint density at radius 3 is 2.44 bits per heavy atom. The van der Waals surface area contributed by atoms with E-state index in [1.165, 1.54) is 12.1 Å². The molecule has 0 aliphatic rings. The molecule has 0 aliphatic carbocycles. The number of benzene rings is 1. The molecule has 1 rings (SSSR count). The van der Waals surface area contributed by atoms with Crippen molar-refractivity contribution in [2.45, 2.75) is 6.54 Å². The van der Waals surface area contributed by atoms with Crippen LogP contribution in [0.1, 0.15) is 15.9 Å². The van der Waals surface area contributed by atoms with Gasteiger partial charge >= 0.3 is 5.97 Å². The molecule has 0 unspecified atom stereocenters. The SMILES string of the molecule is O=C(O)c1ccc(CNCO[SH](=O)=O)cc1. The van der Waals surface area contributed by atoms with Crippen molar-refractivity contribution in [3.05, 3.63) is 35.4 Å². The summed E-state index contributed by atoms with van der Waals surface area (Å²) < 4.78 is 24.4. The van der Waals surface area contributed by atoms with Crippen molar-refractivity contribution < 1.29 is 22.5 Å². The van der Waals surface area contributed by atoms with Crippen LogP contribution in [0.3, 0.4) is 0 Å². The number of hydrogen-bond acceptors (Lipinski definition) is 5. The lowest BCUT2D eigenvalue weighted by Crippen LogP contribution is -2.16. The summed E-state index contributed by atoms with van der Waals surface area (Å²) >= 11 is 0. The van der Waals surface area contributed by atoms with Gasteiger partial charge in [0.05, 0.1) is 5.56 Å². The van der Waals surface area contributed by atoms with Crippen LogP contribution in [0.4, 0.5) is 0 Å². The molecule has 0 bridgehead atoms. The van der Waals surface area contributed by atoms with Gasteiger partial charge in [-0.05, 0) is 17.7 Å². The maximum atomic E-state index is 10.5. The summed E-state index contributed by atoms with van der Waals surface area (Å²) in [6.45, 7) is 0.308. The van der Waals surface area contributed by atoms with Crippen LogP contribution in [0.15, 0.2) is 24.3 Å². The third-order valence-corrected chi connectivity index (χ3v) is 2.14. The molecule has 88 valence electrons. The van der Waals surface area contributed by atoms with Crippen molar-refractivity contribution in [3.8, 4) is 0 Å². The fraction of sp³-hybridized carbons (Fsp3) is 0.222. The van der Waals surface area contributed by atoms with E-state index in [-0.39, 0.29) is 12.3 Å². The van der Waals surface area contributed by atoms with Gasteiger partial charge in [0.2, 0.25) is 0 Å². The summed E-state index contributed by atoms with van der Waals surface area (Å²) in [5, 5.41) is 11.4. The van der Waals surface area contributed by atoms with Gasteiger partial charge in [-0.2, -0.15) is 0 Å². The largest absolute Gasteiger partial charge is 0.478 e. The van der Waals surface area contributed by atoms with Crippen LogP contribution in [-0.2, 0) is 21.7 Å². The highest BCUT2D eigenvalue weighted by Gasteiger charge is 2.01. The maximum absolute atomic E-state index is 10.5. The highest BCUT2D eigenvalue weighted by molar-refractivity contribution is 7.67. The van der Waals surface area contributed by atoms with Crippen molar-refractivity contribution in [3.63, 3.8) is 0 Å². The molecule has 1 aromatic carbocycles. The predicted octanol–water partition coefficient (Wildman–Crippen LogP) is -0.0251. The number of aromatic carboxylic acids is 1. The van der Waals surface area contributed by atoms with E-state index in [9.17, 15) is 13.2 Å². The number of hydrogen-bond donors (Lipinski definition) is 3. The van der Waals surface area contributed by atoms with Gasteiger partial charge in [0, 0.05) is 6.54 Å². The van der Waals surface area contributed by atoms with Gasteiger partial charge in [0.25, 0.3) is 11.0 Å². The Hall–Kier alpha value is -1.44. The van der Waals surface area contributed by atoms with Gasteiger partial charge in [0.1, 0.15) is 6.73 Å². The molecular formula is C9H11NO5S. The van der Waals surface area contributed by atoms with Crippen molar-refractivity contribution in [2.24, 2.45) is 0 Å².